The summed E-state index contributed by atoms with van der Waals surface area (Å²) in [5.41, 5.74) is 0. The standard InChI is InChI=1S/C20H21ClN2O6/c21-13-5-7-14(8-6-13)28-10-9-22-17(24)12-29-18(25)11-23-19(26)15-3-1-2-4-16(15)20(23)27/h1-2,5-8,15-16H,3-4,9-12H2,(H,22,24)/t15-,16+. The molecule has 9 heteroatoms. The molecule has 2 atom stereocenters. The number of likely N-dealkylation sites (tertiary alicyclic amines) is 1. The van der Waals surface area contributed by atoms with E-state index < -0.39 is 36.9 Å². The largest absolute Gasteiger partial charge is 0.492 e. The van der Waals surface area contributed by atoms with Gasteiger partial charge in [-0.1, -0.05) is 23.8 Å². The number of halogens is 1. The van der Waals surface area contributed by atoms with E-state index in [9.17, 15) is 19.2 Å². The van der Waals surface area contributed by atoms with Gasteiger partial charge < -0.3 is 14.8 Å². The minimum atomic E-state index is -0.800. The number of nitrogens with zero attached hydrogens (tertiary/aromatic N) is 1. The Labute approximate surface area is 172 Å². The second-order valence-electron chi connectivity index (χ2n) is 6.73. The number of rotatable bonds is 8. The van der Waals surface area contributed by atoms with Crippen molar-refractivity contribution >= 4 is 35.3 Å². The van der Waals surface area contributed by atoms with Crippen LogP contribution in [0.3, 0.4) is 0 Å². The number of hydrogen-bond donors (Lipinski definition) is 1. The lowest BCUT2D eigenvalue weighted by molar-refractivity contribution is -0.154. The molecular formula is C20H21ClN2O6. The minimum absolute atomic E-state index is 0.221. The van der Waals surface area contributed by atoms with Gasteiger partial charge in [0.1, 0.15) is 18.9 Å². The van der Waals surface area contributed by atoms with Crippen LogP contribution in [0.1, 0.15) is 12.8 Å². The summed E-state index contributed by atoms with van der Waals surface area (Å²) in [6.45, 7) is -0.518. The average molecular weight is 421 g/mol. The zero-order valence-electron chi connectivity index (χ0n) is 15.6. The minimum Gasteiger partial charge on any atom is -0.492 e. The molecule has 1 fully saturated rings. The van der Waals surface area contributed by atoms with Crippen molar-refractivity contribution in [2.75, 3.05) is 26.3 Å². The van der Waals surface area contributed by atoms with Gasteiger partial charge in [0.15, 0.2) is 6.61 Å². The maximum absolute atomic E-state index is 12.3. The molecule has 154 valence electrons. The highest BCUT2D eigenvalue weighted by Gasteiger charge is 2.47. The molecule has 1 N–H and O–H groups in total. The molecule has 29 heavy (non-hydrogen) atoms. The van der Waals surface area contributed by atoms with Gasteiger partial charge >= 0.3 is 5.97 Å². The fourth-order valence-corrected chi connectivity index (χ4v) is 3.41. The topological polar surface area (TPSA) is 102 Å². The molecule has 3 rings (SSSR count). The molecule has 1 aromatic rings. The van der Waals surface area contributed by atoms with Crippen LogP contribution in [0.4, 0.5) is 0 Å². The third-order valence-corrected chi connectivity index (χ3v) is 5.01. The molecule has 0 aromatic heterocycles. The van der Waals surface area contributed by atoms with E-state index in [1.807, 2.05) is 12.2 Å². The number of allylic oxidation sites excluding steroid dienone is 2. The van der Waals surface area contributed by atoms with E-state index in [0.29, 0.717) is 23.6 Å². The van der Waals surface area contributed by atoms with Crippen LogP contribution in [0, 0.1) is 11.8 Å². The second kappa shape index (κ2) is 9.56. The van der Waals surface area contributed by atoms with Gasteiger partial charge in [-0.15, -0.1) is 0 Å². The Morgan fingerprint density at radius 2 is 1.69 bits per heavy atom. The lowest BCUT2D eigenvalue weighted by atomic mass is 9.85. The molecule has 8 nitrogen and oxygen atoms in total. The van der Waals surface area contributed by atoms with Crippen LogP contribution in [0.2, 0.25) is 5.02 Å². The predicted molar refractivity (Wildman–Crippen MR) is 103 cm³/mol. The molecule has 1 aliphatic carbocycles. The average Bonchev–Trinajstić information content (AvgIpc) is 2.96. The first-order valence-electron chi connectivity index (χ1n) is 9.26. The summed E-state index contributed by atoms with van der Waals surface area (Å²) in [5, 5.41) is 3.15. The molecule has 1 aliphatic heterocycles. The maximum atomic E-state index is 12.3. The Kier molecular flexibility index (Phi) is 6.87. The van der Waals surface area contributed by atoms with Crippen LogP contribution in [0.15, 0.2) is 36.4 Å². The van der Waals surface area contributed by atoms with Gasteiger partial charge in [0.05, 0.1) is 18.4 Å². The Morgan fingerprint density at radius 3 is 2.31 bits per heavy atom. The number of fused-ring (bicyclic) bond motifs is 1. The number of esters is 1. The van der Waals surface area contributed by atoms with Gasteiger partial charge in [-0.05, 0) is 37.1 Å². The van der Waals surface area contributed by atoms with Crippen molar-refractivity contribution in [3.63, 3.8) is 0 Å². The van der Waals surface area contributed by atoms with Gasteiger partial charge in [-0.3, -0.25) is 24.1 Å². The zero-order chi connectivity index (χ0) is 20.8. The summed E-state index contributed by atoms with van der Waals surface area (Å²) in [5.74, 6) is -2.20. The Hall–Kier alpha value is -2.87. The lowest BCUT2D eigenvalue weighted by Gasteiger charge is -2.14. The van der Waals surface area contributed by atoms with Crippen molar-refractivity contribution < 1.29 is 28.7 Å². The van der Waals surface area contributed by atoms with Gasteiger partial charge in [0, 0.05) is 5.02 Å². The number of benzene rings is 1. The van der Waals surface area contributed by atoms with Crippen molar-refractivity contribution in [3.8, 4) is 5.75 Å². The fourth-order valence-electron chi connectivity index (χ4n) is 3.29. The van der Waals surface area contributed by atoms with Crippen molar-refractivity contribution in [1.82, 2.24) is 10.2 Å². The van der Waals surface area contributed by atoms with Crippen LogP contribution >= 0.6 is 11.6 Å². The maximum Gasteiger partial charge on any atom is 0.326 e. The smallest absolute Gasteiger partial charge is 0.326 e. The van der Waals surface area contributed by atoms with Crippen molar-refractivity contribution in [2.45, 2.75) is 12.8 Å². The summed E-state index contributed by atoms with van der Waals surface area (Å²) in [6.07, 6.45) is 4.74. The molecule has 3 amide bonds. The lowest BCUT2D eigenvalue weighted by Crippen LogP contribution is -2.38. The normalized spacial score (nSPS) is 20.4. The SMILES string of the molecule is O=C(COC(=O)CN1C(=O)[C@H]2CC=CC[C@H]2C1=O)NCCOc1ccc(Cl)cc1. The Bertz CT molecular complexity index is 797. The van der Waals surface area contributed by atoms with Crippen LogP contribution in [-0.2, 0) is 23.9 Å². The highest BCUT2D eigenvalue weighted by molar-refractivity contribution is 6.30. The van der Waals surface area contributed by atoms with Crippen LogP contribution < -0.4 is 10.1 Å². The third-order valence-electron chi connectivity index (χ3n) is 4.76. The van der Waals surface area contributed by atoms with Gasteiger partial charge in [-0.25, -0.2) is 0 Å². The second-order valence-corrected chi connectivity index (χ2v) is 7.17. The summed E-state index contributed by atoms with van der Waals surface area (Å²) < 4.78 is 10.3. The Morgan fingerprint density at radius 1 is 1.07 bits per heavy atom. The summed E-state index contributed by atoms with van der Waals surface area (Å²) in [4.78, 5) is 49.2. The van der Waals surface area contributed by atoms with Crippen molar-refractivity contribution in [2.24, 2.45) is 11.8 Å². The number of ether oxygens (including phenoxy) is 2. The number of nitrogens with one attached hydrogen (secondary N) is 1. The van der Waals surface area contributed by atoms with Crippen LogP contribution in [-0.4, -0.2) is 54.9 Å². The Balaban J connectivity index is 1.34. The predicted octanol–water partition coefficient (Wildman–Crippen LogP) is 1.33. The summed E-state index contributed by atoms with van der Waals surface area (Å²) >= 11 is 5.78. The molecule has 2 aliphatic rings. The molecule has 1 heterocycles. The molecule has 0 unspecified atom stereocenters. The van der Waals surface area contributed by atoms with Gasteiger partial charge in [0.2, 0.25) is 11.8 Å². The molecule has 0 bridgehead atoms. The van der Waals surface area contributed by atoms with Gasteiger partial charge in [0.25, 0.3) is 5.91 Å². The number of hydrogen-bond acceptors (Lipinski definition) is 6. The van der Waals surface area contributed by atoms with E-state index in [4.69, 9.17) is 21.1 Å². The number of carbonyl (C=O) groups is 4. The zero-order valence-corrected chi connectivity index (χ0v) is 16.4. The number of amides is 3. The first-order chi connectivity index (χ1) is 14.0. The molecule has 1 aromatic carbocycles. The van der Waals surface area contributed by atoms with Crippen LogP contribution in [0.5, 0.6) is 5.75 Å². The first kappa shape index (κ1) is 20.9. The van der Waals surface area contributed by atoms with E-state index >= 15 is 0 Å². The molecular weight excluding hydrogens is 400 g/mol. The number of imide groups is 1. The summed E-state index contributed by atoms with van der Waals surface area (Å²) in [6, 6.07) is 6.80. The van der Waals surface area contributed by atoms with E-state index in [0.717, 1.165) is 4.90 Å². The molecule has 0 radical (unpaired) electrons. The van der Waals surface area contributed by atoms with E-state index in [2.05, 4.69) is 5.32 Å². The quantitative estimate of drug-likeness (QED) is 0.294. The third kappa shape index (κ3) is 5.35. The van der Waals surface area contributed by atoms with E-state index in [1.54, 1.807) is 24.3 Å². The van der Waals surface area contributed by atoms with Crippen LogP contribution in [0.25, 0.3) is 0 Å². The first-order valence-corrected chi connectivity index (χ1v) is 9.64. The summed E-state index contributed by atoms with van der Waals surface area (Å²) in [7, 11) is 0. The number of carbonyl (C=O) groups excluding carboxylic acids is 4. The molecule has 0 spiro atoms. The van der Waals surface area contributed by atoms with Crippen molar-refractivity contribution in [1.29, 1.82) is 0 Å². The highest BCUT2D eigenvalue weighted by Crippen LogP contribution is 2.34. The van der Waals surface area contributed by atoms with Gasteiger partial charge in [-0.2, -0.15) is 0 Å². The fraction of sp³-hybridized carbons (Fsp3) is 0.400. The van der Waals surface area contributed by atoms with Crippen molar-refractivity contribution in [3.05, 3.63) is 41.4 Å². The monoisotopic (exact) mass is 420 g/mol. The highest BCUT2D eigenvalue weighted by atomic mass is 35.5. The van der Waals surface area contributed by atoms with E-state index in [1.165, 1.54) is 0 Å². The van der Waals surface area contributed by atoms with E-state index in [-0.39, 0.29) is 25.0 Å². The molecule has 0 saturated carbocycles. The molecule has 1 saturated heterocycles.